The highest BCUT2D eigenvalue weighted by Gasteiger charge is 2.25. The third kappa shape index (κ3) is 2.63. The van der Waals surface area contributed by atoms with Gasteiger partial charge in [0.1, 0.15) is 5.82 Å². The van der Waals surface area contributed by atoms with Crippen molar-refractivity contribution in [1.29, 1.82) is 0 Å². The van der Waals surface area contributed by atoms with Crippen molar-refractivity contribution in [3.63, 3.8) is 0 Å². The Labute approximate surface area is 120 Å². The van der Waals surface area contributed by atoms with Gasteiger partial charge in [-0.05, 0) is 37.5 Å². The zero-order valence-corrected chi connectivity index (χ0v) is 12.0. The molecule has 1 fully saturated rings. The highest BCUT2D eigenvalue weighted by molar-refractivity contribution is 5.81. The van der Waals surface area contributed by atoms with Gasteiger partial charge in [0.05, 0.1) is 5.52 Å². The van der Waals surface area contributed by atoms with Crippen LogP contribution in [0, 0.1) is 12.8 Å². The third-order valence-electron chi connectivity index (χ3n) is 4.38. The molecule has 1 aliphatic rings. The van der Waals surface area contributed by atoms with E-state index < -0.39 is 0 Å². The molecule has 0 saturated heterocycles. The van der Waals surface area contributed by atoms with Gasteiger partial charge < -0.3 is 10.4 Å². The number of hydrogen-bond acceptors (Lipinski definition) is 3. The van der Waals surface area contributed by atoms with E-state index in [9.17, 15) is 5.11 Å². The third-order valence-corrected chi connectivity index (χ3v) is 4.38. The number of pyridine rings is 1. The summed E-state index contributed by atoms with van der Waals surface area (Å²) in [6.45, 7) is 2.36. The Hall–Kier alpha value is -1.61. The number of hydrogen-bond donors (Lipinski definition) is 2. The summed E-state index contributed by atoms with van der Waals surface area (Å²) in [6, 6.07) is 10.7. The topological polar surface area (TPSA) is 45.2 Å². The molecule has 2 aromatic rings. The number of aromatic nitrogens is 1. The first-order chi connectivity index (χ1) is 9.78. The predicted molar refractivity (Wildman–Crippen MR) is 82.9 cm³/mol. The van der Waals surface area contributed by atoms with Crippen LogP contribution in [0.2, 0.25) is 0 Å². The number of aryl methyl sites for hydroxylation is 1. The second kappa shape index (κ2) is 5.80. The van der Waals surface area contributed by atoms with Crippen LogP contribution in [0.4, 0.5) is 5.82 Å². The highest BCUT2D eigenvalue weighted by Crippen LogP contribution is 2.28. The van der Waals surface area contributed by atoms with Gasteiger partial charge in [-0.1, -0.05) is 31.0 Å². The highest BCUT2D eigenvalue weighted by atomic mass is 16.3. The van der Waals surface area contributed by atoms with Crippen molar-refractivity contribution >= 4 is 16.7 Å². The fourth-order valence-electron chi connectivity index (χ4n) is 3.16. The summed E-state index contributed by atoms with van der Waals surface area (Å²) < 4.78 is 0. The molecule has 1 saturated carbocycles. The summed E-state index contributed by atoms with van der Waals surface area (Å²) in [6.07, 6.45) is 4.70. The molecule has 0 bridgehead atoms. The molecular formula is C17H22N2O. The average Bonchev–Trinajstić information content (AvgIpc) is 2.48. The molecule has 0 radical (unpaired) electrons. The smallest absolute Gasteiger partial charge is 0.129 e. The van der Waals surface area contributed by atoms with Crippen LogP contribution in [0.1, 0.15) is 31.2 Å². The normalized spacial score (nSPS) is 22.9. The molecule has 2 N–H and O–H groups in total. The molecule has 20 heavy (non-hydrogen) atoms. The Morgan fingerprint density at radius 2 is 2.05 bits per heavy atom. The van der Waals surface area contributed by atoms with Gasteiger partial charge >= 0.3 is 0 Å². The van der Waals surface area contributed by atoms with E-state index in [1.807, 2.05) is 18.2 Å². The lowest BCUT2D eigenvalue weighted by Gasteiger charge is -2.31. The zero-order valence-electron chi connectivity index (χ0n) is 12.0. The van der Waals surface area contributed by atoms with Crippen LogP contribution in [0.15, 0.2) is 30.3 Å². The van der Waals surface area contributed by atoms with Crippen LogP contribution in [-0.2, 0) is 0 Å². The fraction of sp³-hybridized carbons (Fsp3) is 0.471. The van der Waals surface area contributed by atoms with Crippen LogP contribution in [0.5, 0.6) is 0 Å². The lowest BCUT2D eigenvalue weighted by molar-refractivity contribution is 0.178. The molecule has 2 atom stereocenters. The van der Waals surface area contributed by atoms with E-state index in [0.717, 1.165) is 24.2 Å². The number of para-hydroxylation sites is 1. The molecule has 0 spiro atoms. The van der Waals surface area contributed by atoms with Crippen molar-refractivity contribution in [1.82, 2.24) is 4.98 Å². The van der Waals surface area contributed by atoms with Gasteiger partial charge in [0, 0.05) is 24.0 Å². The fourth-order valence-corrected chi connectivity index (χ4v) is 3.16. The molecule has 1 aromatic carbocycles. The standard InChI is InChI=1S/C17H22N2O/c1-12-10-13-6-2-4-8-15(13)18-17(12)19-16-9-5-3-7-14(16)11-20/h2,4,6,8,10,14,16,20H,3,5,7,9,11H2,1H3,(H,18,19). The minimum Gasteiger partial charge on any atom is -0.396 e. The van der Waals surface area contributed by atoms with Gasteiger partial charge in [0.2, 0.25) is 0 Å². The molecule has 1 heterocycles. The number of aliphatic hydroxyl groups is 1. The molecule has 1 aromatic heterocycles. The summed E-state index contributed by atoms with van der Waals surface area (Å²) >= 11 is 0. The Bertz CT molecular complexity index is 597. The first-order valence-corrected chi connectivity index (χ1v) is 7.51. The molecule has 3 nitrogen and oxygen atoms in total. The van der Waals surface area contributed by atoms with E-state index in [1.54, 1.807) is 0 Å². The Morgan fingerprint density at radius 1 is 1.25 bits per heavy atom. The van der Waals surface area contributed by atoms with E-state index in [1.165, 1.54) is 23.8 Å². The molecular weight excluding hydrogens is 248 g/mol. The van der Waals surface area contributed by atoms with Crippen LogP contribution in [0.3, 0.4) is 0 Å². The summed E-state index contributed by atoms with van der Waals surface area (Å²) in [5.41, 5.74) is 2.20. The average molecular weight is 270 g/mol. The largest absolute Gasteiger partial charge is 0.396 e. The quantitative estimate of drug-likeness (QED) is 0.897. The summed E-state index contributed by atoms with van der Waals surface area (Å²) in [7, 11) is 0. The van der Waals surface area contributed by atoms with Crippen molar-refractivity contribution in [2.24, 2.45) is 5.92 Å². The Morgan fingerprint density at radius 3 is 2.90 bits per heavy atom. The summed E-state index contributed by atoms with van der Waals surface area (Å²) in [4.78, 5) is 4.74. The van der Waals surface area contributed by atoms with Gasteiger partial charge in [-0.15, -0.1) is 0 Å². The Balaban J connectivity index is 1.87. The molecule has 3 rings (SSSR count). The molecule has 2 unspecified atom stereocenters. The van der Waals surface area contributed by atoms with Gasteiger partial charge in [-0.2, -0.15) is 0 Å². The Kier molecular flexibility index (Phi) is 3.88. The first-order valence-electron chi connectivity index (χ1n) is 7.51. The molecule has 0 aliphatic heterocycles. The van der Waals surface area contributed by atoms with E-state index in [2.05, 4.69) is 24.4 Å². The minimum absolute atomic E-state index is 0.268. The number of nitrogens with one attached hydrogen (secondary N) is 1. The van der Waals surface area contributed by atoms with Gasteiger partial charge in [0.25, 0.3) is 0 Å². The number of anilines is 1. The van der Waals surface area contributed by atoms with Crippen LogP contribution >= 0.6 is 0 Å². The summed E-state index contributed by atoms with van der Waals surface area (Å²) in [5.74, 6) is 1.32. The number of rotatable bonds is 3. The van der Waals surface area contributed by atoms with Crippen LogP contribution < -0.4 is 5.32 Å². The van der Waals surface area contributed by atoms with E-state index in [-0.39, 0.29) is 6.61 Å². The van der Waals surface area contributed by atoms with Gasteiger partial charge in [0.15, 0.2) is 0 Å². The minimum atomic E-state index is 0.268. The van der Waals surface area contributed by atoms with E-state index >= 15 is 0 Å². The maximum absolute atomic E-state index is 9.52. The number of nitrogens with zero attached hydrogens (tertiary/aromatic N) is 1. The van der Waals surface area contributed by atoms with Crippen molar-refractivity contribution in [3.8, 4) is 0 Å². The molecule has 1 aliphatic carbocycles. The monoisotopic (exact) mass is 270 g/mol. The van der Waals surface area contributed by atoms with E-state index in [0.29, 0.717) is 12.0 Å². The lowest BCUT2D eigenvalue weighted by Crippen LogP contribution is -2.34. The second-order valence-corrected chi connectivity index (χ2v) is 5.82. The number of benzene rings is 1. The number of aliphatic hydroxyl groups excluding tert-OH is 1. The van der Waals surface area contributed by atoms with Crippen LogP contribution in [0.25, 0.3) is 10.9 Å². The maximum Gasteiger partial charge on any atom is 0.129 e. The van der Waals surface area contributed by atoms with Crippen molar-refractivity contribution in [2.75, 3.05) is 11.9 Å². The van der Waals surface area contributed by atoms with Crippen LogP contribution in [-0.4, -0.2) is 22.7 Å². The van der Waals surface area contributed by atoms with Gasteiger partial charge in [-0.25, -0.2) is 4.98 Å². The molecule has 3 heteroatoms. The predicted octanol–water partition coefficient (Wildman–Crippen LogP) is 3.51. The first kappa shape index (κ1) is 13.4. The van der Waals surface area contributed by atoms with Crippen molar-refractivity contribution in [3.05, 3.63) is 35.9 Å². The number of fused-ring (bicyclic) bond motifs is 1. The SMILES string of the molecule is Cc1cc2ccccc2nc1NC1CCCCC1CO. The zero-order chi connectivity index (χ0) is 13.9. The summed E-state index contributed by atoms with van der Waals surface area (Å²) in [5, 5.41) is 14.3. The maximum atomic E-state index is 9.52. The molecule has 0 amide bonds. The van der Waals surface area contributed by atoms with Crippen molar-refractivity contribution in [2.45, 2.75) is 38.6 Å². The lowest BCUT2D eigenvalue weighted by atomic mass is 9.85. The molecule has 106 valence electrons. The van der Waals surface area contributed by atoms with E-state index in [4.69, 9.17) is 4.98 Å². The van der Waals surface area contributed by atoms with Crippen molar-refractivity contribution < 1.29 is 5.11 Å². The van der Waals surface area contributed by atoms with Gasteiger partial charge in [-0.3, -0.25) is 0 Å². The second-order valence-electron chi connectivity index (χ2n) is 5.82.